The molecule has 0 saturated heterocycles. The minimum atomic E-state index is -0.510. The van der Waals surface area contributed by atoms with Gasteiger partial charge in [0.2, 0.25) is 0 Å². The number of anilines is 1. The van der Waals surface area contributed by atoms with E-state index in [-0.39, 0.29) is 17.2 Å². The summed E-state index contributed by atoms with van der Waals surface area (Å²) in [6.45, 7) is 1.98. The molecule has 4 nitrogen and oxygen atoms in total. The normalized spacial score (nSPS) is 9.95. The van der Waals surface area contributed by atoms with Crippen LogP contribution in [-0.2, 0) is 11.3 Å². The van der Waals surface area contributed by atoms with Crippen molar-refractivity contribution in [3.63, 3.8) is 0 Å². The summed E-state index contributed by atoms with van der Waals surface area (Å²) in [5.41, 5.74) is 8.65. The Labute approximate surface area is 127 Å². The molecule has 5 heteroatoms. The fourth-order valence-electron chi connectivity index (χ4n) is 1.85. The van der Waals surface area contributed by atoms with Crippen molar-refractivity contribution in [3.8, 4) is 6.07 Å². The second kappa shape index (κ2) is 6.29. The molecule has 106 valence electrons. The number of rotatable bonds is 3. The largest absolute Gasteiger partial charge is 0.457 e. The first-order chi connectivity index (χ1) is 10.0. The lowest BCUT2D eigenvalue weighted by molar-refractivity contribution is 0.0472. The van der Waals surface area contributed by atoms with E-state index in [2.05, 4.69) is 6.07 Å². The number of benzene rings is 2. The predicted octanol–water partition coefficient (Wildman–Crippen LogP) is 3.46. The van der Waals surface area contributed by atoms with Crippen LogP contribution in [0.4, 0.5) is 5.69 Å². The molecule has 0 aliphatic heterocycles. The van der Waals surface area contributed by atoms with Crippen molar-refractivity contribution in [1.29, 1.82) is 5.26 Å². The summed E-state index contributed by atoms with van der Waals surface area (Å²) in [4.78, 5) is 12.0. The van der Waals surface area contributed by atoms with Crippen LogP contribution in [0.5, 0.6) is 0 Å². The van der Waals surface area contributed by atoms with Gasteiger partial charge in [-0.25, -0.2) is 4.79 Å². The minimum Gasteiger partial charge on any atom is -0.457 e. The summed E-state index contributed by atoms with van der Waals surface area (Å²) in [5, 5.41) is 9.07. The van der Waals surface area contributed by atoms with Gasteiger partial charge in [0, 0.05) is 5.69 Å². The Hall–Kier alpha value is -2.51. The highest BCUT2D eigenvalue weighted by Gasteiger charge is 2.12. The minimum absolute atomic E-state index is 0.122. The van der Waals surface area contributed by atoms with Crippen LogP contribution in [-0.4, -0.2) is 5.97 Å². The summed E-state index contributed by atoms with van der Waals surface area (Å²) in [7, 11) is 0. The van der Waals surface area contributed by atoms with Gasteiger partial charge in [0.25, 0.3) is 0 Å². The van der Waals surface area contributed by atoms with Crippen LogP contribution in [0.15, 0.2) is 36.4 Å². The standard InChI is InChI=1S/C16H13ClN2O2/c1-10-6-11(8-18)2-3-12(10)9-21-16(20)14-5-4-13(19)7-15(14)17/h2-7H,9,19H2,1H3. The van der Waals surface area contributed by atoms with Gasteiger partial charge < -0.3 is 10.5 Å². The highest BCUT2D eigenvalue weighted by atomic mass is 35.5. The first-order valence-corrected chi connectivity index (χ1v) is 6.61. The third-order valence-corrected chi connectivity index (χ3v) is 3.36. The molecule has 0 unspecified atom stereocenters. The van der Waals surface area contributed by atoms with Gasteiger partial charge in [-0.1, -0.05) is 17.7 Å². The smallest absolute Gasteiger partial charge is 0.339 e. The van der Waals surface area contributed by atoms with Crippen LogP contribution < -0.4 is 5.73 Å². The van der Waals surface area contributed by atoms with Crippen LogP contribution in [0, 0.1) is 18.3 Å². The third-order valence-electron chi connectivity index (χ3n) is 3.04. The van der Waals surface area contributed by atoms with Gasteiger partial charge in [-0.15, -0.1) is 0 Å². The van der Waals surface area contributed by atoms with E-state index in [0.717, 1.165) is 11.1 Å². The first kappa shape index (κ1) is 14.9. The second-order valence-electron chi connectivity index (χ2n) is 4.57. The van der Waals surface area contributed by atoms with Crippen molar-refractivity contribution in [2.45, 2.75) is 13.5 Å². The number of hydrogen-bond donors (Lipinski definition) is 1. The van der Waals surface area contributed by atoms with Crippen LogP contribution >= 0.6 is 11.6 Å². The van der Waals surface area contributed by atoms with E-state index in [1.54, 1.807) is 24.3 Å². The second-order valence-corrected chi connectivity index (χ2v) is 4.98. The van der Waals surface area contributed by atoms with E-state index in [9.17, 15) is 4.79 Å². The maximum atomic E-state index is 12.0. The Morgan fingerprint density at radius 3 is 2.71 bits per heavy atom. The van der Waals surface area contributed by atoms with E-state index in [4.69, 9.17) is 27.3 Å². The Bertz CT molecular complexity index is 736. The zero-order valence-corrected chi connectivity index (χ0v) is 12.1. The summed E-state index contributed by atoms with van der Waals surface area (Å²) < 4.78 is 5.24. The Morgan fingerprint density at radius 1 is 1.33 bits per heavy atom. The third kappa shape index (κ3) is 3.53. The van der Waals surface area contributed by atoms with E-state index < -0.39 is 5.97 Å². The Balaban J connectivity index is 2.09. The maximum absolute atomic E-state index is 12.0. The number of carbonyl (C=O) groups excluding carboxylic acids is 1. The highest BCUT2D eigenvalue weighted by Crippen LogP contribution is 2.21. The van der Waals surface area contributed by atoms with Gasteiger partial charge in [-0.2, -0.15) is 5.26 Å². The predicted molar refractivity (Wildman–Crippen MR) is 80.9 cm³/mol. The topological polar surface area (TPSA) is 76.1 Å². The average Bonchev–Trinajstić information content (AvgIpc) is 2.45. The molecule has 2 aromatic rings. The Kier molecular flexibility index (Phi) is 4.46. The van der Waals surface area contributed by atoms with Gasteiger partial charge in [-0.3, -0.25) is 0 Å². The molecule has 0 fully saturated rings. The highest BCUT2D eigenvalue weighted by molar-refractivity contribution is 6.33. The van der Waals surface area contributed by atoms with Crippen molar-refractivity contribution >= 4 is 23.3 Å². The van der Waals surface area contributed by atoms with Gasteiger partial charge in [-0.05, 0) is 48.4 Å². The number of halogens is 1. The van der Waals surface area contributed by atoms with Crippen molar-refractivity contribution in [3.05, 3.63) is 63.7 Å². The lowest BCUT2D eigenvalue weighted by Gasteiger charge is -2.09. The molecule has 0 aliphatic carbocycles. The lowest BCUT2D eigenvalue weighted by atomic mass is 10.1. The number of hydrogen-bond acceptors (Lipinski definition) is 4. The molecule has 0 spiro atoms. The number of nitriles is 1. The molecule has 0 amide bonds. The molecular weight excluding hydrogens is 288 g/mol. The van der Waals surface area contributed by atoms with Gasteiger partial charge in [0.1, 0.15) is 6.61 Å². The summed E-state index contributed by atoms with van der Waals surface area (Å²) in [5.74, 6) is -0.510. The van der Waals surface area contributed by atoms with Crippen LogP contribution in [0.2, 0.25) is 5.02 Å². The lowest BCUT2D eigenvalue weighted by Crippen LogP contribution is -2.07. The number of aryl methyl sites for hydroxylation is 1. The number of ether oxygens (including phenoxy) is 1. The summed E-state index contributed by atoms with van der Waals surface area (Å²) in [6, 6.07) is 11.9. The van der Waals surface area contributed by atoms with E-state index in [1.807, 2.05) is 6.92 Å². The number of carbonyl (C=O) groups is 1. The summed E-state index contributed by atoms with van der Waals surface area (Å²) >= 11 is 5.96. The monoisotopic (exact) mass is 300 g/mol. The van der Waals surface area contributed by atoms with Crippen LogP contribution in [0.1, 0.15) is 27.0 Å². The molecule has 0 saturated carbocycles. The summed E-state index contributed by atoms with van der Waals surface area (Å²) in [6.07, 6.45) is 0. The van der Waals surface area contributed by atoms with Crippen molar-refractivity contribution in [2.75, 3.05) is 5.73 Å². The first-order valence-electron chi connectivity index (χ1n) is 6.23. The molecular formula is C16H13ClN2O2. The fraction of sp³-hybridized carbons (Fsp3) is 0.125. The zero-order chi connectivity index (χ0) is 15.4. The molecule has 0 atom stereocenters. The fourth-order valence-corrected chi connectivity index (χ4v) is 2.11. The number of nitrogens with two attached hydrogens (primary N) is 1. The van der Waals surface area contributed by atoms with Crippen LogP contribution in [0.25, 0.3) is 0 Å². The van der Waals surface area contributed by atoms with Gasteiger partial charge >= 0.3 is 5.97 Å². The van der Waals surface area contributed by atoms with Gasteiger partial charge in [0.05, 0.1) is 22.2 Å². The molecule has 2 aromatic carbocycles. The van der Waals surface area contributed by atoms with Gasteiger partial charge in [0.15, 0.2) is 0 Å². The SMILES string of the molecule is Cc1cc(C#N)ccc1COC(=O)c1ccc(N)cc1Cl. The van der Waals surface area contributed by atoms with Crippen molar-refractivity contribution < 1.29 is 9.53 Å². The molecule has 0 bridgehead atoms. The molecule has 2 rings (SSSR count). The number of esters is 1. The molecule has 0 aromatic heterocycles. The van der Waals surface area contributed by atoms with E-state index in [1.165, 1.54) is 12.1 Å². The molecule has 0 heterocycles. The van der Waals surface area contributed by atoms with E-state index >= 15 is 0 Å². The van der Waals surface area contributed by atoms with E-state index in [0.29, 0.717) is 11.3 Å². The average molecular weight is 301 g/mol. The molecule has 0 radical (unpaired) electrons. The number of nitrogen functional groups attached to an aromatic ring is 1. The maximum Gasteiger partial charge on any atom is 0.339 e. The number of nitrogens with zero attached hydrogens (tertiary/aromatic N) is 1. The molecule has 0 aliphatic rings. The van der Waals surface area contributed by atoms with Crippen molar-refractivity contribution in [1.82, 2.24) is 0 Å². The Morgan fingerprint density at radius 2 is 2.10 bits per heavy atom. The zero-order valence-electron chi connectivity index (χ0n) is 11.4. The molecule has 21 heavy (non-hydrogen) atoms. The van der Waals surface area contributed by atoms with Crippen LogP contribution in [0.3, 0.4) is 0 Å². The molecule has 2 N–H and O–H groups in total. The quantitative estimate of drug-likeness (QED) is 0.695. The van der Waals surface area contributed by atoms with Crippen molar-refractivity contribution in [2.24, 2.45) is 0 Å².